The number of nitrogens with one attached hydrogen (secondary N) is 1. The Labute approximate surface area is 116 Å². The van der Waals surface area contributed by atoms with Gasteiger partial charge in [0.05, 0.1) is 0 Å². The molecule has 1 N–H and O–H groups in total. The summed E-state index contributed by atoms with van der Waals surface area (Å²) in [5, 5.41) is 2.87. The highest BCUT2D eigenvalue weighted by atomic mass is 16.2. The van der Waals surface area contributed by atoms with Crippen molar-refractivity contribution in [2.45, 2.75) is 65.1 Å². The maximum Gasteiger partial charge on any atom is 0.246 e. The van der Waals surface area contributed by atoms with Gasteiger partial charge in [-0.05, 0) is 32.1 Å². The van der Waals surface area contributed by atoms with Gasteiger partial charge in [-0.25, -0.2) is 0 Å². The van der Waals surface area contributed by atoms with Crippen molar-refractivity contribution in [2.24, 2.45) is 5.92 Å². The van der Waals surface area contributed by atoms with Crippen LogP contribution < -0.4 is 5.32 Å². The van der Waals surface area contributed by atoms with Gasteiger partial charge in [-0.2, -0.15) is 0 Å². The molecule has 1 rings (SSSR count). The average molecular weight is 266 g/mol. The van der Waals surface area contributed by atoms with Crippen molar-refractivity contribution < 1.29 is 9.59 Å². The van der Waals surface area contributed by atoms with Gasteiger partial charge in [-0.1, -0.05) is 26.8 Å². The van der Waals surface area contributed by atoms with Gasteiger partial charge in [0.2, 0.25) is 11.8 Å². The molecule has 1 fully saturated rings. The topological polar surface area (TPSA) is 49.4 Å². The van der Waals surface area contributed by atoms with Gasteiger partial charge in [0.15, 0.2) is 0 Å². The molecule has 0 aliphatic carbocycles. The summed E-state index contributed by atoms with van der Waals surface area (Å²) in [5.41, 5.74) is 0. The minimum atomic E-state index is -0.373. The van der Waals surface area contributed by atoms with E-state index in [0.717, 1.165) is 0 Å². The van der Waals surface area contributed by atoms with Gasteiger partial charge in [0.1, 0.15) is 12.1 Å². The van der Waals surface area contributed by atoms with Gasteiger partial charge < -0.3 is 10.2 Å². The van der Waals surface area contributed by atoms with Crippen LogP contribution in [-0.4, -0.2) is 34.8 Å². The first kappa shape index (κ1) is 15.7. The molecule has 2 amide bonds. The van der Waals surface area contributed by atoms with Crippen molar-refractivity contribution in [3.63, 3.8) is 0 Å². The quantitative estimate of drug-likeness (QED) is 0.748. The van der Waals surface area contributed by atoms with Crippen molar-refractivity contribution in [2.75, 3.05) is 0 Å². The number of carbonyl (C=O) groups is 2. The molecule has 1 saturated heterocycles. The van der Waals surface area contributed by atoms with Crippen LogP contribution in [0.4, 0.5) is 0 Å². The Bertz CT molecular complexity index is 352. The van der Waals surface area contributed by atoms with Crippen LogP contribution >= 0.6 is 0 Å². The molecular formula is C15H26N2O2. The highest BCUT2D eigenvalue weighted by molar-refractivity contribution is 5.97. The van der Waals surface area contributed by atoms with E-state index in [1.54, 1.807) is 11.0 Å². The zero-order chi connectivity index (χ0) is 14.6. The molecule has 1 heterocycles. The summed E-state index contributed by atoms with van der Waals surface area (Å²) in [4.78, 5) is 26.5. The maximum absolute atomic E-state index is 12.6. The van der Waals surface area contributed by atoms with Crippen molar-refractivity contribution in [3.8, 4) is 0 Å². The molecule has 0 spiro atoms. The first-order valence-corrected chi connectivity index (χ1v) is 7.15. The summed E-state index contributed by atoms with van der Waals surface area (Å²) in [6.45, 7) is 11.8. The Morgan fingerprint density at radius 2 is 2.00 bits per heavy atom. The fourth-order valence-electron chi connectivity index (χ4n) is 2.68. The van der Waals surface area contributed by atoms with Gasteiger partial charge >= 0.3 is 0 Å². The first-order valence-electron chi connectivity index (χ1n) is 7.15. The van der Waals surface area contributed by atoms with Crippen molar-refractivity contribution in [1.82, 2.24) is 10.2 Å². The number of rotatable bonds is 6. The minimum Gasteiger partial charge on any atom is -0.342 e. The zero-order valence-corrected chi connectivity index (χ0v) is 12.5. The SMILES string of the molecule is C=CCC(C)N1C(=O)C(CC(C)C)NC(=O)C1CC. The smallest absolute Gasteiger partial charge is 0.246 e. The summed E-state index contributed by atoms with van der Waals surface area (Å²) in [7, 11) is 0. The lowest BCUT2D eigenvalue weighted by Gasteiger charge is -2.42. The lowest BCUT2D eigenvalue weighted by Crippen LogP contribution is -2.65. The summed E-state index contributed by atoms with van der Waals surface area (Å²) in [6, 6.07) is -0.691. The van der Waals surface area contributed by atoms with Crippen LogP contribution in [0, 0.1) is 5.92 Å². The third-order valence-electron chi connectivity index (χ3n) is 3.58. The summed E-state index contributed by atoms with van der Waals surface area (Å²) in [5.74, 6) is 0.405. The van der Waals surface area contributed by atoms with E-state index < -0.39 is 0 Å². The minimum absolute atomic E-state index is 0.0238. The number of piperazine rings is 1. The fourth-order valence-corrected chi connectivity index (χ4v) is 2.68. The van der Waals surface area contributed by atoms with Crippen LogP contribution in [0.25, 0.3) is 0 Å². The monoisotopic (exact) mass is 266 g/mol. The molecule has 0 aromatic carbocycles. The van der Waals surface area contributed by atoms with Crippen molar-refractivity contribution in [3.05, 3.63) is 12.7 Å². The molecule has 4 nitrogen and oxygen atoms in total. The first-order chi connectivity index (χ1) is 8.92. The largest absolute Gasteiger partial charge is 0.342 e. The molecule has 0 aromatic rings. The van der Waals surface area contributed by atoms with E-state index in [0.29, 0.717) is 25.2 Å². The molecule has 0 saturated carbocycles. The number of carbonyl (C=O) groups excluding carboxylic acids is 2. The second kappa shape index (κ2) is 6.73. The van der Waals surface area contributed by atoms with Crippen LogP contribution in [-0.2, 0) is 9.59 Å². The third-order valence-corrected chi connectivity index (χ3v) is 3.58. The van der Waals surface area contributed by atoms with E-state index in [-0.39, 0.29) is 29.9 Å². The van der Waals surface area contributed by atoms with E-state index in [1.807, 2.05) is 13.8 Å². The van der Waals surface area contributed by atoms with Crippen LogP contribution in [0.15, 0.2) is 12.7 Å². The lowest BCUT2D eigenvalue weighted by molar-refractivity contribution is -0.152. The number of hydrogen-bond acceptors (Lipinski definition) is 2. The molecule has 1 aliphatic rings. The highest BCUT2D eigenvalue weighted by Gasteiger charge is 2.41. The number of amides is 2. The van der Waals surface area contributed by atoms with Gasteiger partial charge in [0, 0.05) is 6.04 Å². The molecule has 19 heavy (non-hydrogen) atoms. The average Bonchev–Trinajstić information content (AvgIpc) is 2.32. The molecular weight excluding hydrogens is 240 g/mol. The molecule has 0 radical (unpaired) electrons. The summed E-state index contributed by atoms with van der Waals surface area (Å²) < 4.78 is 0. The third kappa shape index (κ3) is 3.58. The Morgan fingerprint density at radius 1 is 1.37 bits per heavy atom. The second-order valence-electron chi connectivity index (χ2n) is 5.73. The van der Waals surface area contributed by atoms with E-state index in [1.165, 1.54) is 0 Å². The van der Waals surface area contributed by atoms with Gasteiger partial charge in [0.25, 0.3) is 0 Å². The van der Waals surface area contributed by atoms with Crippen LogP contribution in [0.1, 0.15) is 47.0 Å². The molecule has 3 atom stereocenters. The Kier molecular flexibility index (Phi) is 5.58. The summed E-state index contributed by atoms with van der Waals surface area (Å²) >= 11 is 0. The van der Waals surface area contributed by atoms with Gasteiger partial charge in [-0.15, -0.1) is 6.58 Å². The summed E-state index contributed by atoms with van der Waals surface area (Å²) in [6.07, 6.45) is 3.85. The molecule has 0 bridgehead atoms. The number of nitrogens with zero attached hydrogens (tertiary/aromatic N) is 1. The van der Waals surface area contributed by atoms with E-state index >= 15 is 0 Å². The van der Waals surface area contributed by atoms with Crippen LogP contribution in [0.5, 0.6) is 0 Å². The lowest BCUT2D eigenvalue weighted by atomic mass is 9.96. The molecule has 108 valence electrons. The van der Waals surface area contributed by atoms with Crippen molar-refractivity contribution in [1.29, 1.82) is 0 Å². The zero-order valence-electron chi connectivity index (χ0n) is 12.5. The number of hydrogen-bond donors (Lipinski definition) is 1. The maximum atomic E-state index is 12.6. The molecule has 1 aliphatic heterocycles. The van der Waals surface area contributed by atoms with E-state index in [9.17, 15) is 9.59 Å². The Hall–Kier alpha value is -1.32. The fraction of sp³-hybridized carbons (Fsp3) is 0.733. The predicted octanol–water partition coefficient (Wildman–Crippen LogP) is 2.10. The predicted molar refractivity (Wildman–Crippen MR) is 76.6 cm³/mol. The van der Waals surface area contributed by atoms with Gasteiger partial charge in [-0.3, -0.25) is 9.59 Å². The second-order valence-corrected chi connectivity index (χ2v) is 5.73. The normalized spacial score (nSPS) is 25.4. The highest BCUT2D eigenvalue weighted by Crippen LogP contribution is 2.21. The van der Waals surface area contributed by atoms with Crippen molar-refractivity contribution >= 4 is 11.8 Å². The van der Waals surface area contributed by atoms with Crippen LogP contribution in [0.3, 0.4) is 0 Å². The van der Waals surface area contributed by atoms with E-state index in [2.05, 4.69) is 25.7 Å². The van der Waals surface area contributed by atoms with Crippen LogP contribution in [0.2, 0.25) is 0 Å². The molecule has 4 heteroatoms. The Morgan fingerprint density at radius 3 is 2.47 bits per heavy atom. The molecule has 0 aromatic heterocycles. The van der Waals surface area contributed by atoms with E-state index in [4.69, 9.17) is 0 Å². The molecule has 3 unspecified atom stereocenters. The standard InChI is InChI=1S/C15H26N2O2/c1-6-8-11(5)17-13(7-2)14(18)16-12(15(17)19)9-10(3)4/h6,10-13H,1,7-9H2,2-5H3,(H,16,18). The Balaban J connectivity index is 2.95.